The third-order valence-electron chi connectivity index (χ3n) is 5.57. The van der Waals surface area contributed by atoms with Crippen molar-refractivity contribution in [3.05, 3.63) is 78.6 Å². The number of aromatic nitrogens is 3. The Kier molecular flexibility index (Phi) is 5.48. The first kappa shape index (κ1) is 20.7. The molecule has 0 fully saturated rings. The molecule has 1 aliphatic rings. The van der Waals surface area contributed by atoms with Gasteiger partial charge >= 0.3 is 0 Å². The van der Waals surface area contributed by atoms with Crippen molar-refractivity contribution in [2.45, 2.75) is 25.9 Å². The lowest BCUT2D eigenvalue weighted by atomic mass is 10.1. The predicted molar refractivity (Wildman–Crippen MR) is 125 cm³/mol. The molecule has 0 aliphatic carbocycles. The average Bonchev–Trinajstić information content (AvgIpc) is 3.32. The van der Waals surface area contributed by atoms with Crippen LogP contribution in [0.25, 0.3) is 11.0 Å². The van der Waals surface area contributed by atoms with Gasteiger partial charge in [0.2, 0.25) is 11.9 Å². The number of anilines is 2. The van der Waals surface area contributed by atoms with Crippen molar-refractivity contribution in [2.24, 2.45) is 0 Å². The largest absolute Gasteiger partial charge is 0.492 e. The van der Waals surface area contributed by atoms with Crippen molar-refractivity contribution in [1.82, 2.24) is 14.5 Å². The van der Waals surface area contributed by atoms with E-state index in [0.29, 0.717) is 24.0 Å². The predicted octanol–water partition coefficient (Wildman–Crippen LogP) is 3.95. The molecule has 0 saturated carbocycles. The van der Waals surface area contributed by atoms with Crippen molar-refractivity contribution in [1.29, 1.82) is 0 Å². The molecular formula is C25H23N5O3. The van der Waals surface area contributed by atoms with Crippen LogP contribution in [0.1, 0.15) is 25.1 Å². The second-order valence-electron chi connectivity index (χ2n) is 7.71. The Morgan fingerprint density at radius 3 is 2.67 bits per heavy atom. The Morgan fingerprint density at radius 1 is 1.06 bits per heavy atom. The molecule has 1 atom stereocenters. The van der Waals surface area contributed by atoms with E-state index >= 15 is 0 Å². The Bertz CT molecular complexity index is 1320. The molecule has 8 heteroatoms. The van der Waals surface area contributed by atoms with Gasteiger partial charge in [0.1, 0.15) is 11.8 Å². The number of carbonyl (C=O) groups is 2. The molecule has 2 aromatic heterocycles. The lowest BCUT2D eigenvalue weighted by Gasteiger charge is -2.16. The van der Waals surface area contributed by atoms with Crippen molar-refractivity contribution >= 4 is 34.5 Å². The third kappa shape index (κ3) is 3.91. The number of nitrogens with one attached hydrogen (secondary N) is 1. The van der Waals surface area contributed by atoms with Crippen molar-refractivity contribution in [3.63, 3.8) is 0 Å². The fraction of sp³-hybridized carbons (Fsp3) is 0.200. The fourth-order valence-electron chi connectivity index (χ4n) is 4.13. The van der Waals surface area contributed by atoms with Crippen molar-refractivity contribution < 1.29 is 14.3 Å². The van der Waals surface area contributed by atoms with Crippen molar-refractivity contribution in [3.8, 4) is 5.75 Å². The van der Waals surface area contributed by atoms with Crippen LogP contribution in [0.4, 0.5) is 11.6 Å². The summed E-state index contributed by atoms with van der Waals surface area (Å²) in [6.45, 7) is 2.66. The Hall–Kier alpha value is -4.20. The van der Waals surface area contributed by atoms with Crippen molar-refractivity contribution in [2.75, 3.05) is 16.8 Å². The van der Waals surface area contributed by atoms with Gasteiger partial charge in [0.05, 0.1) is 42.0 Å². The highest BCUT2D eigenvalue weighted by Gasteiger charge is 2.41. The molecular weight excluding hydrogens is 418 g/mol. The minimum atomic E-state index is -0.699. The second kappa shape index (κ2) is 8.74. The summed E-state index contributed by atoms with van der Waals surface area (Å²) in [5.74, 6) is 0.669. The number of nitrogens with zero attached hydrogens (tertiary/aromatic N) is 4. The number of ether oxygens (including phenoxy) is 1. The van der Waals surface area contributed by atoms with Gasteiger partial charge in [0.25, 0.3) is 5.91 Å². The van der Waals surface area contributed by atoms with E-state index in [4.69, 9.17) is 4.74 Å². The van der Waals surface area contributed by atoms with Crippen LogP contribution in [0.15, 0.2) is 72.9 Å². The maximum atomic E-state index is 13.5. The molecule has 166 valence electrons. The number of fused-ring (bicyclic) bond motifs is 3. The quantitative estimate of drug-likeness (QED) is 0.469. The zero-order valence-corrected chi connectivity index (χ0v) is 18.1. The topological polar surface area (TPSA) is 89.3 Å². The van der Waals surface area contributed by atoms with Crippen LogP contribution in [0.3, 0.4) is 0 Å². The lowest BCUT2D eigenvalue weighted by Crippen LogP contribution is -2.31. The molecule has 0 radical (unpaired) electrons. The van der Waals surface area contributed by atoms with Crippen LogP contribution in [0.2, 0.25) is 0 Å². The maximum Gasteiger partial charge on any atom is 0.253 e. The minimum Gasteiger partial charge on any atom is -0.492 e. The molecule has 2 aromatic carbocycles. The summed E-state index contributed by atoms with van der Waals surface area (Å²) in [7, 11) is 0. The van der Waals surface area contributed by atoms with Gasteiger partial charge in [-0.05, 0) is 43.3 Å². The average molecular weight is 441 g/mol. The van der Waals surface area contributed by atoms with Gasteiger partial charge in [-0.3, -0.25) is 24.0 Å². The molecule has 2 amide bonds. The maximum absolute atomic E-state index is 13.5. The van der Waals surface area contributed by atoms with Crippen LogP contribution in [-0.2, 0) is 16.1 Å². The van der Waals surface area contributed by atoms with E-state index in [1.165, 1.54) is 0 Å². The highest BCUT2D eigenvalue weighted by molar-refractivity contribution is 6.05. The molecule has 8 nitrogen and oxygen atoms in total. The number of para-hydroxylation sites is 4. The van der Waals surface area contributed by atoms with E-state index < -0.39 is 6.04 Å². The van der Waals surface area contributed by atoms with Gasteiger partial charge in [-0.2, -0.15) is 0 Å². The number of rotatable bonds is 7. The summed E-state index contributed by atoms with van der Waals surface area (Å²) in [5, 5.41) is 2.90. The standard InChI is InChI=1S/C25H23N5O3/c1-2-33-22-13-6-4-11-19(22)27-23(31)15-21-24(32)29(16-17-9-7-8-14-26-17)25-28-18-10-3-5-12-20(18)30(21)25/h3-14,21H,2,15-16H2,1H3,(H,27,31)/t21-/m0/s1. The summed E-state index contributed by atoms with van der Waals surface area (Å²) >= 11 is 0. The Labute approximate surface area is 190 Å². The monoisotopic (exact) mass is 441 g/mol. The number of pyridine rings is 1. The van der Waals surface area contributed by atoms with E-state index in [-0.39, 0.29) is 24.8 Å². The first-order valence-electron chi connectivity index (χ1n) is 10.9. The highest BCUT2D eigenvalue weighted by atomic mass is 16.5. The highest BCUT2D eigenvalue weighted by Crippen LogP contribution is 2.37. The summed E-state index contributed by atoms with van der Waals surface area (Å²) < 4.78 is 7.46. The van der Waals surface area contributed by atoms with Gasteiger partial charge in [-0.1, -0.05) is 30.3 Å². The summed E-state index contributed by atoms with van der Waals surface area (Å²) in [6.07, 6.45) is 1.67. The number of hydrogen-bond acceptors (Lipinski definition) is 5. The molecule has 3 heterocycles. The lowest BCUT2D eigenvalue weighted by molar-refractivity contribution is -0.124. The fourth-order valence-corrected chi connectivity index (χ4v) is 4.13. The molecule has 4 aromatic rings. The number of imidazole rings is 1. The normalized spacial score (nSPS) is 15.0. The Balaban J connectivity index is 1.45. The number of carbonyl (C=O) groups excluding carboxylic acids is 2. The van der Waals surface area contributed by atoms with Crippen LogP contribution >= 0.6 is 0 Å². The van der Waals surface area contributed by atoms with Gasteiger partial charge in [0.15, 0.2) is 0 Å². The van der Waals surface area contributed by atoms with E-state index in [9.17, 15) is 9.59 Å². The van der Waals surface area contributed by atoms with E-state index in [2.05, 4.69) is 15.3 Å². The van der Waals surface area contributed by atoms with E-state index in [0.717, 1.165) is 16.7 Å². The summed E-state index contributed by atoms with van der Waals surface area (Å²) in [6, 6.07) is 19.8. The minimum absolute atomic E-state index is 0.0225. The van der Waals surface area contributed by atoms with Crippen LogP contribution in [-0.4, -0.2) is 33.0 Å². The molecule has 5 rings (SSSR count). The van der Waals surface area contributed by atoms with Gasteiger partial charge < -0.3 is 10.1 Å². The van der Waals surface area contributed by atoms with E-state index in [1.54, 1.807) is 23.2 Å². The first-order valence-corrected chi connectivity index (χ1v) is 10.9. The summed E-state index contributed by atoms with van der Waals surface area (Å²) in [4.78, 5) is 37.1. The van der Waals surface area contributed by atoms with E-state index in [1.807, 2.05) is 66.1 Å². The second-order valence-corrected chi connectivity index (χ2v) is 7.71. The molecule has 1 aliphatic heterocycles. The zero-order chi connectivity index (χ0) is 22.8. The smallest absolute Gasteiger partial charge is 0.253 e. The van der Waals surface area contributed by atoms with Crippen LogP contribution < -0.4 is 15.0 Å². The van der Waals surface area contributed by atoms with Crippen LogP contribution in [0, 0.1) is 0 Å². The van der Waals surface area contributed by atoms with Gasteiger partial charge in [-0.15, -0.1) is 0 Å². The molecule has 0 unspecified atom stereocenters. The third-order valence-corrected chi connectivity index (χ3v) is 5.57. The number of hydrogen-bond donors (Lipinski definition) is 1. The first-order chi connectivity index (χ1) is 16.2. The number of amides is 2. The zero-order valence-electron chi connectivity index (χ0n) is 18.1. The van der Waals surface area contributed by atoms with Crippen LogP contribution in [0.5, 0.6) is 5.75 Å². The molecule has 0 saturated heterocycles. The number of benzene rings is 2. The molecule has 33 heavy (non-hydrogen) atoms. The molecule has 0 bridgehead atoms. The Morgan fingerprint density at radius 2 is 1.85 bits per heavy atom. The van der Waals surface area contributed by atoms with Gasteiger partial charge in [0, 0.05) is 6.20 Å². The summed E-state index contributed by atoms with van der Waals surface area (Å²) in [5.41, 5.74) is 2.92. The molecule has 0 spiro atoms. The SMILES string of the molecule is CCOc1ccccc1NC(=O)C[C@H]1C(=O)N(Cc2ccccn2)c2nc3ccccc3n21. The molecule has 1 N–H and O–H groups in total. The van der Waals surface area contributed by atoms with Gasteiger partial charge in [-0.25, -0.2) is 4.98 Å².